The van der Waals surface area contributed by atoms with Crippen LogP contribution in [0.2, 0.25) is 0 Å². The third kappa shape index (κ3) is 5.04. The molecule has 11 heteroatoms. The summed E-state index contributed by atoms with van der Waals surface area (Å²) in [5.41, 5.74) is 1.72. The maximum atomic E-state index is 13.1. The Morgan fingerprint density at radius 2 is 1.83 bits per heavy atom. The van der Waals surface area contributed by atoms with Crippen molar-refractivity contribution in [3.05, 3.63) is 23.5 Å². The van der Waals surface area contributed by atoms with Crippen LogP contribution in [0.15, 0.2) is 12.1 Å². The summed E-state index contributed by atoms with van der Waals surface area (Å²) in [7, 11) is -3.80. The topological polar surface area (TPSA) is 130 Å². The third-order valence-corrected chi connectivity index (χ3v) is 7.72. The number of carbonyl (C=O) groups excluding carboxylic acids is 1. The van der Waals surface area contributed by atoms with Gasteiger partial charge in [-0.05, 0) is 33.1 Å². The Kier molecular flexibility index (Phi) is 6.74. The van der Waals surface area contributed by atoms with Crippen molar-refractivity contribution in [3.63, 3.8) is 0 Å². The van der Waals surface area contributed by atoms with Crippen LogP contribution >= 0.6 is 0 Å². The van der Waals surface area contributed by atoms with Gasteiger partial charge in [-0.2, -0.15) is 0 Å². The van der Waals surface area contributed by atoms with E-state index in [0.717, 1.165) is 17.1 Å². The van der Waals surface area contributed by atoms with Crippen molar-refractivity contribution in [1.29, 1.82) is 0 Å². The molecule has 2 aliphatic heterocycles. The summed E-state index contributed by atoms with van der Waals surface area (Å²) in [5.74, 6) is -1.52. The Balaban J connectivity index is 1.64. The van der Waals surface area contributed by atoms with E-state index < -0.39 is 32.3 Å². The Morgan fingerprint density at radius 1 is 1.21 bits per heavy atom. The van der Waals surface area contributed by atoms with Gasteiger partial charge in [0.25, 0.3) is 5.91 Å². The number of hydroxylamine groups is 2. The van der Waals surface area contributed by atoms with E-state index in [-0.39, 0.29) is 38.8 Å². The number of sulfonamides is 1. The predicted octanol–water partition coefficient (Wildman–Crippen LogP) is 0.884. The molecule has 0 saturated carbocycles. The lowest BCUT2D eigenvalue weighted by Crippen LogP contribution is -2.53. The smallest absolute Gasteiger partial charge is 0.279 e. The van der Waals surface area contributed by atoms with Gasteiger partial charge in [-0.3, -0.25) is 20.2 Å². The zero-order valence-electron chi connectivity index (χ0n) is 16.5. The largest absolute Gasteiger partial charge is 0.490 e. The SMILES string of the molecule is Cc1cc(OC2CCN(S(=O)(=O)C3CCOCC3C(=O)N(O)O)CC2)cc(C)n1. The molecule has 3 rings (SSSR count). The molecular formula is C18H27N3O7S. The average molecular weight is 429 g/mol. The van der Waals surface area contributed by atoms with Gasteiger partial charge < -0.3 is 9.47 Å². The molecule has 2 unspecified atom stereocenters. The highest BCUT2D eigenvalue weighted by Gasteiger charge is 2.45. The van der Waals surface area contributed by atoms with Gasteiger partial charge >= 0.3 is 0 Å². The van der Waals surface area contributed by atoms with Crippen LogP contribution < -0.4 is 4.74 Å². The Bertz CT molecular complexity index is 818. The van der Waals surface area contributed by atoms with Gasteiger partial charge in [0.1, 0.15) is 11.9 Å². The van der Waals surface area contributed by atoms with Gasteiger partial charge in [0.05, 0.1) is 17.8 Å². The molecule has 0 spiro atoms. The van der Waals surface area contributed by atoms with E-state index >= 15 is 0 Å². The average Bonchev–Trinajstić information content (AvgIpc) is 2.67. The molecule has 0 aliphatic carbocycles. The fraction of sp³-hybridized carbons (Fsp3) is 0.667. The number of nitrogens with zero attached hydrogens (tertiary/aromatic N) is 3. The first-order valence-electron chi connectivity index (χ1n) is 9.59. The Labute approximate surface area is 170 Å². The molecule has 0 radical (unpaired) electrons. The van der Waals surface area contributed by atoms with E-state index in [4.69, 9.17) is 19.9 Å². The Morgan fingerprint density at radius 3 is 2.41 bits per heavy atom. The van der Waals surface area contributed by atoms with Crippen molar-refractivity contribution in [1.82, 2.24) is 14.5 Å². The number of aromatic nitrogens is 1. The number of hydrogen-bond acceptors (Lipinski definition) is 8. The van der Waals surface area contributed by atoms with Crippen molar-refractivity contribution in [2.45, 2.75) is 44.5 Å². The first-order valence-corrected chi connectivity index (χ1v) is 11.1. The molecule has 29 heavy (non-hydrogen) atoms. The van der Waals surface area contributed by atoms with Crippen LogP contribution in [0.4, 0.5) is 0 Å². The summed E-state index contributed by atoms with van der Waals surface area (Å²) in [6, 6.07) is 3.70. The van der Waals surface area contributed by atoms with Gasteiger partial charge in [-0.25, -0.2) is 12.7 Å². The summed E-state index contributed by atoms with van der Waals surface area (Å²) in [4.78, 5) is 16.3. The second-order valence-corrected chi connectivity index (χ2v) is 9.63. The van der Waals surface area contributed by atoms with E-state index in [2.05, 4.69) is 4.98 Å². The maximum Gasteiger partial charge on any atom is 0.279 e. The number of amides is 1. The van der Waals surface area contributed by atoms with Crippen LogP contribution in [0.25, 0.3) is 0 Å². The van der Waals surface area contributed by atoms with Crippen molar-refractivity contribution < 1.29 is 33.1 Å². The minimum Gasteiger partial charge on any atom is -0.490 e. The zero-order valence-corrected chi connectivity index (χ0v) is 17.3. The normalized spacial score (nSPS) is 24.3. The minimum absolute atomic E-state index is 0.111. The van der Waals surface area contributed by atoms with Crippen molar-refractivity contribution >= 4 is 15.9 Å². The van der Waals surface area contributed by atoms with E-state index in [9.17, 15) is 13.2 Å². The van der Waals surface area contributed by atoms with Crippen LogP contribution in [0.1, 0.15) is 30.7 Å². The summed E-state index contributed by atoms with van der Waals surface area (Å²) in [5, 5.41) is 16.5. The fourth-order valence-corrected chi connectivity index (χ4v) is 6.01. The lowest BCUT2D eigenvalue weighted by molar-refractivity contribution is -0.289. The van der Waals surface area contributed by atoms with Crippen LogP contribution in [0.5, 0.6) is 5.75 Å². The molecule has 3 heterocycles. The molecule has 2 saturated heterocycles. The summed E-state index contributed by atoms with van der Waals surface area (Å²) < 4.78 is 38.8. The van der Waals surface area contributed by atoms with E-state index in [1.807, 2.05) is 26.0 Å². The van der Waals surface area contributed by atoms with E-state index in [0.29, 0.717) is 12.8 Å². The predicted molar refractivity (Wildman–Crippen MR) is 101 cm³/mol. The number of pyridine rings is 1. The molecule has 2 fully saturated rings. The quantitative estimate of drug-likeness (QED) is 0.521. The first kappa shape index (κ1) is 21.9. The zero-order chi connectivity index (χ0) is 21.2. The number of piperidine rings is 1. The molecule has 10 nitrogen and oxygen atoms in total. The number of aryl methyl sites for hydroxylation is 2. The van der Waals surface area contributed by atoms with E-state index in [1.165, 1.54) is 4.31 Å². The summed E-state index contributed by atoms with van der Waals surface area (Å²) >= 11 is 0. The van der Waals surface area contributed by atoms with Crippen molar-refractivity contribution in [3.8, 4) is 5.75 Å². The van der Waals surface area contributed by atoms with Gasteiger partial charge in [-0.1, -0.05) is 5.23 Å². The van der Waals surface area contributed by atoms with Crippen LogP contribution in [0, 0.1) is 19.8 Å². The van der Waals surface area contributed by atoms with Gasteiger partial charge in [-0.15, -0.1) is 0 Å². The molecule has 2 atom stereocenters. The highest BCUT2D eigenvalue weighted by molar-refractivity contribution is 7.89. The molecule has 2 N–H and O–H groups in total. The standard InChI is InChI=1S/C18H27N3O7S/c1-12-9-15(10-13(2)19-12)28-14-3-6-20(7-4-14)29(25,26)17-5-8-27-11-16(17)18(22)21(23)24/h9-10,14,16-17,23-24H,3-8,11H2,1-2H3. The Hall–Kier alpha value is -1.79. The molecule has 0 bridgehead atoms. The highest BCUT2D eigenvalue weighted by Crippen LogP contribution is 2.29. The second kappa shape index (κ2) is 8.92. The minimum atomic E-state index is -3.80. The molecule has 1 amide bonds. The number of ether oxygens (including phenoxy) is 2. The lowest BCUT2D eigenvalue weighted by atomic mass is 10.0. The fourth-order valence-electron chi connectivity index (χ4n) is 3.91. The van der Waals surface area contributed by atoms with Gasteiger partial charge in [0.15, 0.2) is 0 Å². The third-order valence-electron chi connectivity index (χ3n) is 5.31. The molecular weight excluding hydrogens is 402 g/mol. The number of carbonyl (C=O) groups is 1. The van der Waals surface area contributed by atoms with Crippen molar-refractivity contribution in [2.24, 2.45) is 5.92 Å². The molecule has 2 aliphatic rings. The van der Waals surface area contributed by atoms with Gasteiger partial charge in [0, 0.05) is 43.2 Å². The summed E-state index contributed by atoms with van der Waals surface area (Å²) in [6.45, 7) is 4.36. The molecule has 0 aromatic carbocycles. The van der Waals surface area contributed by atoms with Crippen LogP contribution in [-0.2, 0) is 19.6 Å². The lowest BCUT2D eigenvalue weighted by Gasteiger charge is -2.37. The molecule has 1 aromatic heterocycles. The number of rotatable bonds is 5. The first-order chi connectivity index (χ1) is 13.7. The van der Waals surface area contributed by atoms with E-state index in [1.54, 1.807) is 0 Å². The summed E-state index contributed by atoms with van der Waals surface area (Å²) in [6.07, 6.45) is 1.06. The van der Waals surface area contributed by atoms with Gasteiger partial charge in [0.2, 0.25) is 10.0 Å². The molecule has 1 aromatic rings. The second-order valence-electron chi connectivity index (χ2n) is 7.48. The molecule has 162 valence electrons. The van der Waals surface area contributed by atoms with Crippen molar-refractivity contribution in [2.75, 3.05) is 26.3 Å². The highest BCUT2D eigenvalue weighted by atomic mass is 32.2. The number of hydrogen-bond donors (Lipinski definition) is 2. The maximum absolute atomic E-state index is 13.1. The van der Waals surface area contributed by atoms with Crippen LogP contribution in [-0.4, -0.2) is 76.9 Å². The van der Waals surface area contributed by atoms with Crippen LogP contribution in [0.3, 0.4) is 0 Å². The monoisotopic (exact) mass is 429 g/mol.